The summed E-state index contributed by atoms with van der Waals surface area (Å²) in [6.07, 6.45) is 3.42. The summed E-state index contributed by atoms with van der Waals surface area (Å²) in [5, 5.41) is 0. The standard InChI is InChI=1S/C12H17N/c1-3-9-5-4-8(2)10-6-7-11(13)12(9)10/h4-5,11H,3,6-7,13H2,1-2H3/t11-/m0/s1. The highest BCUT2D eigenvalue weighted by Crippen LogP contribution is 2.34. The van der Waals surface area contributed by atoms with Gasteiger partial charge in [-0.2, -0.15) is 0 Å². The van der Waals surface area contributed by atoms with Crippen LogP contribution in [0.5, 0.6) is 0 Å². The number of hydrogen-bond donors (Lipinski definition) is 1. The van der Waals surface area contributed by atoms with Gasteiger partial charge in [-0.05, 0) is 48.4 Å². The molecule has 0 fully saturated rings. The van der Waals surface area contributed by atoms with Crippen molar-refractivity contribution in [2.24, 2.45) is 5.73 Å². The third-order valence-corrected chi connectivity index (χ3v) is 3.14. The summed E-state index contributed by atoms with van der Waals surface area (Å²) in [4.78, 5) is 0. The normalized spacial score (nSPS) is 20.4. The molecule has 0 bridgehead atoms. The van der Waals surface area contributed by atoms with Crippen molar-refractivity contribution < 1.29 is 0 Å². The van der Waals surface area contributed by atoms with E-state index in [0.717, 1.165) is 12.8 Å². The molecule has 0 spiro atoms. The zero-order valence-corrected chi connectivity index (χ0v) is 8.43. The van der Waals surface area contributed by atoms with Crippen LogP contribution in [0.25, 0.3) is 0 Å². The van der Waals surface area contributed by atoms with E-state index in [-0.39, 0.29) is 0 Å². The Bertz CT molecular complexity index is 328. The summed E-state index contributed by atoms with van der Waals surface area (Å²) >= 11 is 0. The van der Waals surface area contributed by atoms with E-state index >= 15 is 0 Å². The van der Waals surface area contributed by atoms with E-state index in [1.807, 2.05) is 0 Å². The average molecular weight is 175 g/mol. The second-order valence-corrected chi connectivity index (χ2v) is 3.93. The van der Waals surface area contributed by atoms with Gasteiger partial charge in [0.15, 0.2) is 0 Å². The lowest BCUT2D eigenvalue weighted by atomic mass is 9.96. The third-order valence-electron chi connectivity index (χ3n) is 3.14. The molecular weight excluding hydrogens is 158 g/mol. The molecule has 1 atom stereocenters. The Balaban J connectivity index is 2.60. The maximum Gasteiger partial charge on any atom is 0.0303 e. The fraction of sp³-hybridized carbons (Fsp3) is 0.500. The Kier molecular flexibility index (Phi) is 2.12. The minimum atomic E-state index is 0.296. The first-order valence-electron chi connectivity index (χ1n) is 5.11. The van der Waals surface area contributed by atoms with Gasteiger partial charge in [0.1, 0.15) is 0 Å². The van der Waals surface area contributed by atoms with Crippen LogP contribution >= 0.6 is 0 Å². The van der Waals surface area contributed by atoms with E-state index in [1.165, 1.54) is 28.7 Å². The molecule has 0 radical (unpaired) electrons. The number of nitrogens with two attached hydrogens (primary N) is 1. The fourth-order valence-electron chi connectivity index (χ4n) is 2.37. The lowest BCUT2D eigenvalue weighted by molar-refractivity contribution is 0.707. The highest BCUT2D eigenvalue weighted by atomic mass is 14.6. The van der Waals surface area contributed by atoms with Gasteiger partial charge in [0, 0.05) is 6.04 Å². The molecule has 1 aliphatic rings. The van der Waals surface area contributed by atoms with E-state index in [2.05, 4.69) is 26.0 Å². The van der Waals surface area contributed by atoms with Crippen molar-refractivity contribution in [3.05, 3.63) is 34.4 Å². The Morgan fingerprint density at radius 3 is 2.92 bits per heavy atom. The SMILES string of the molecule is CCc1ccc(C)c2c1[C@@H](N)CC2. The van der Waals surface area contributed by atoms with Crippen LogP contribution in [-0.2, 0) is 12.8 Å². The first-order valence-corrected chi connectivity index (χ1v) is 5.11. The monoisotopic (exact) mass is 175 g/mol. The molecule has 1 aromatic carbocycles. The molecule has 0 aliphatic heterocycles. The van der Waals surface area contributed by atoms with Gasteiger partial charge in [-0.25, -0.2) is 0 Å². The smallest absolute Gasteiger partial charge is 0.0303 e. The molecule has 0 unspecified atom stereocenters. The van der Waals surface area contributed by atoms with Crippen molar-refractivity contribution in [3.8, 4) is 0 Å². The number of aryl methyl sites for hydroxylation is 2. The van der Waals surface area contributed by atoms with E-state index in [9.17, 15) is 0 Å². The van der Waals surface area contributed by atoms with Crippen molar-refractivity contribution in [1.29, 1.82) is 0 Å². The molecule has 0 aromatic heterocycles. The van der Waals surface area contributed by atoms with Gasteiger partial charge in [-0.1, -0.05) is 19.1 Å². The van der Waals surface area contributed by atoms with Crippen molar-refractivity contribution in [1.82, 2.24) is 0 Å². The minimum Gasteiger partial charge on any atom is -0.324 e. The van der Waals surface area contributed by atoms with Crippen molar-refractivity contribution >= 4 is 0 Å². The summed E-state index contributed by atoms with van der Waals surface area (Å²) in [5.41, 5.74) is 11.9. The maximum atomic E-state index is 6.09. The second kappa shape index (κ2) is 3.15. The third kappa shape index (κ3) is 1.28. The zero-order chi connectivity index (χ0) is 9.42. The summed E-state index contributed by atoms with van der Waals surface area (Å²) in [6, 6.07) is 4.76. The molecule has 1 nitrogen and oxygen atoms in total. The summed E-state index contributed by atoms with van der Waals surface area (Å²) < 4.78 is 0. The Morgan fingerprint density at radius 2 is 2.23 bits per heavy atom. The van der Waals surface area contributed by atoms with Crippen LogP contribution < -0.4 is 5.73 Å². The van der Waals surface area contributed by atoms with E-state index in [0.29, 0.717) is 6.04 Å². The molecule has 0 heterocycles. The topological polar surface area (TPSA) is 26.0 Å². The van der Waals surface area contributed by atoms with Gasteiger partial charge in [0.25, 0.3) is 0 Å². The Hall–Kier alpha value is -0.820. The van der Waals surface area contributed by atoms with Gasteiger partial charge in [-0.15, -0.1) is 0 Å². The molecule has 0 amide bonds. The molecule has 0 saturated heterocycles. The number of rotatable bonds is 1. The van der Waals surface area contributed by atoms with Crippen molar-refractivity contribution in [2.75, 3.05) is 0 Å². The average Bonchev–Trinajstić information content (AvgIpc) is 2.51. The van der Waals surface area contributed by atoms with Crippen LogP contribution in [0.3, 0.4) is 0 Å². The molecule has 1 aromatic rings. The van der Waals surface area contributed by atoms with Crippen molar-refractivity contribution in [2.45, 2.75) is 39.2 Å². The highest BCUT2D eigenvalue weighted by Gasteiger charge is 2.22. The molecule has 0 saturated carbocycles. The lowest BCUT2D eigenvalue weighted by Crippen LogP contribution is -2.08. The van der Waals surface area contributed by atoms with Crippen LogP contribution in [0.15, 0.2) is 12.1 Å². The fourth-order valence-corrected chi connectivity index (χ4v) is 2.37. The van der Waals surface area contributed by atoms with Gasteiger partial charge >= 0.3 is 0 Å². The number of hydrogen-bond acceptors (Lipinski definition) is 1. The zero-order valence-electron chi connectivity index (χ0n) is 8.43. The molecule has 70 valence electrons. The first kappa shape index (κ1) is 8.76. The predicted octanol–water partition coefficient (Wildman–Crippen LogP) is 2.50. The number of fused-ring (bicyclic) bond motifs is 1. The summed E-state index contributed by atoms with van der Waals surface area (Å²) in [5.74, 6) is 0. The molecule has 13 heavy (non-hydrogen) atoms. The van der Waals surface area contributed by atoms with Crippen LogP contribution in [0.2, 0.25) is 0 Å². The largest absolute Gasteiger partial charge is 0.324 e. The van der Waals surface area contributed by atoms with Gasteiger partial charge in [-0.3, -0.25) is 0 Å². The van der Waals surface area contributed by atoms with Crippen LogP contribution in [0, 0.1) is 6.92 Å². The second-order valence-electron chi connectivity index (χ2n) is 3.93. The van der Waals surface area contributed by atoms with Crippen LogP contribution in [0.1, 0.15) is 41.6 Å². The van der Waals surface area contributed by atoms with Crippen molar-refractivity contribution in [3.63, 3.8) is 0 Å². The van der Waals surface area contributed by atoms with Crippen LogP contribution in [0.4, 0.5) is 0 Å². The highest BCUT2D eigenvalue weighted by molar-refractivity contribution is 5.45. The first-order chi connectivity index (χ1) is 6.24. The quantitative estimate of drug-likeness (QED) is 0.697. The summed E-state index contributed by atoms with van der Waals surface area (Å²) in [6.45, 7) is 4.40. The minimum absolute atomic E-state index is 0.296. The van der Waals surface area contributed by atoms with E-state index in [1.54, 1.807) is 0 Å². The maximum absolute atomic E-state index is 6.09. The van der Waals surface area contributed by atoms with Gasteiger partial charge in [0.05, 0.1) is 0 Å². The Labute approximate surface area is 80.0 Å². The number of benzene rings is 1. The molecular formula is C12H17N. The van der Waals surface area contributed by atoms with Crippen LogP contribution in [-0.4, -0.2) is 0 Å². The lowest BCUT2D eigenvalue weighted by Gasteiger charge is -2.12. The molecule has 2 rings (SSSR count). The molecule has 2 N–H and O–H groups in total. The van der Waals surface area contributed by atoms with Gasteiger partial charge in [0.2, 0.25) is 0 Å². The predicted molar refractivity (Wildman–Crippen MR) is 55.8 cm³/mol. The van der Waals surface area contributed by atoms with E-state index in [4.69, 9.17) is 5.73 Å². The van der Waals surface area contributed by atoms with Gasteiger partial charge < -0.3 is 5.73 Å². The summed E-state index contributed by atoms with van der Waals surface area (Å²) in [7, 11) is 0. The molecule has 1 heteroatoms. The Morgan fingerprint density at radius 1 is 1.46 bits per heavy atom. The van der Waals surface area contributed by atoms with E-state index < -0.39 is 0 Å². The molecule has 1 aliphatic carbocycles.